The third-order valence-corrected chi connectivity index (χ3v) is 0.483. The van der Waals surface area contributed by atoms with E-state index < -0.39 is 0 Å². The largest absolute Gasteiger partial charge is 0.505 e. The molecule has 0 bridgehead atoms. The van der Waals surface area contributed by atoms with Gasteiger partial charge in [0.05, 0.1) is 6.21 Å². The Balaban J connectivity index is 3.69. The molecule has 0 saturated carbocycles. The van der Waals surface area contributed by atoms with Crippen LogP contribution in [0.5, 0.6) is 0 Å². The molecule has 0 rings (SSSR count). The van der Waals surface area contributed by atoms with Crippen molar-refractivity contribution in [1.29, 1.82) is 0 Å². The molecule has 0 atom stereocenters. The number of aliphatic hydroxyl groups is 1. The van der Waals surface area contributed by atoms with Crippen LogP contribution in [0.25, 0.3) is 0 Å². The Bertz CT molecular complexity index is 126. The lowest BCUT2D eigenvalue weighted by atomic mass is 10.6. The zero-order valence-electron chi connectivity index (χ0n) is 4.41. The summed E-state index contributed by atoms with van der Waals surface area (Å²) in [5, 5.41) is 8.53. The normalized spacial score (nSPS) is 12.2. The van der Waals surface area contributed by atoms with Gasteiger partial charge >= 0.3 is 0 Å². The van der Waals surface area contributed by atoms with Crippen molar-refractivity contribution < 1.29 is 5.11 Å². The first kappa shape index (κ1) is 6.75. The fourth-order valence-corrected chi connectivity index (χ4v) is 0.172. The molecule has 0 saturated heterocycles. The van der Waals surface area contributed by atoms with Gasteiger partial charge in [-0.15, -0.1) is 0 Å². The van der Waals surface area contributed by atoms with Crippen LogP contribution in [-0.2, 0) is 0 Å². The lowest BCUT2D eigenvalue weighted by Gasteiger charge is -1.81. The van der Waals surface area contributed by atoms with Crippen molar-refractivity contribution in [1.82, 2.24) is 0 Å². The van der Waals surface area contributed by atoms with Gasteiger partial charge in [-0.25, -0.2) is 0 Å². The number of nitrogens with two attached hydrogens (primary N) is 1. The Morgan fingerprint density at radius 1 is 1.75 bits per heavy atom. The Morgan fingerprint density at radius 3 is 2.75 bits per heavy atom. The van der Waals surface area contributed by atoms with Crippen LogP contribution in [0.4, 0.5) is 0 Å². The van der Waals surface area contributed by atoms with Crippen LogP contribution in [0.15, 0.2) is 29.7 Å². The maximum absolute atomic E-state index is 8.53. The maximum Gasteiger partial charge on any atom is 0.149 e. The Labute approximate surface area is 47.8 Å². The van der Waals surface area contributed by atoms with Crippen molar-refractivity contribution in [3.63, 3.8) is 0 Å². The van der Waals surface area contributed by atoms with Gasteiger partial charge in [0.1, 0.15) is 5.76 Å². The second-order valence-corrected chi connectivity index (χ2v) is 1.05. The van der Waals surface area contributed by atoms with Crippen molar-refractivity contribution in [3.8, 4) is 0 Å². The number of aliphatic hydroxyl groups excluding tert-OH is 1. The van der Waals surface area contributed by atoms with E-state index >= 15 is 0 Å². The van der Waals surface area contributed by atoms with Gasteiger partial charge in [-0.2, -0.15) is 0 Å². The highest BCUT2D eigenvalue weighted by Crippen LogP contribution is 1.76. The molecule has 0 aliphatic rings. The minimum atomic E-state index is -0.0649. The summed E-state index contributed by atoms with van der Waals surface area (Å²) < 4.78 is 0. The third-order valence-electron chi connectivity index (χ3n) is 0.483. The van der Waals surface area contributed by atoms with Gasteiger partial charge in [0, 0.05) is 12.4 Å². The van der Waals surface area contributed by atoms with E-state index in [0.29, 0.717) is 0 Å². The number of hydrogen-bond acceptors (Lipinski definition) is 3. The summed E-state index contributed by atoms with van der Waals surface area (Å²) in [5.41, 5.74) is 4.88. The summed E-state index contributed by atoms with van der Waals surface area (Å²) in [4.78, 5) is 3.48. The zero-order chi connectivity index (χ0) is 6.41. The zero-order valence-corrected chi connectivity index (χ0v) is 4.41. The highest BCUT2D eigenvalue weighted by atomic mass is 16.3. The Hall–Kier alpha value is -1.25. The molecule has 0 amide bonds. The molecule has 0 radical (unpaired) electrons. The molecule has 0 spiro atoms. The number of nitrogens with zero attached hydrogens (tertiary/aromatic N) is 1. The van der Waals surface area contributed by atoms with E-state index in [4.69, 9.17) is 10.8 Å². The summed E-state index contributed by atoms with van der Waals surface area (Å²) in [6.45, 7) is 3.29. The van der Waals surface area contributed by atoms with Crippen LogP contribution < -0.4 is 5.73 Å². The molecule has 0 aromatic heterocycles. The molecule has 44 valence electrons. The standard InChI is InChI=1S/C5H8N2O/c1-2-7-4-5(8)3-6/h2-4,8H,1,6H2/b5-3+,7-4?. The first-order valence-electron chi connectivity index (χ1n) is 2.06. The second kappa shape index (κ2) is 3.92. The molecule has 0 aromatic rings. The van der Waals surface area contributed by atoms with Crippen molar-refractivity contribution in [2.24, 2.45) is 10.7 Å². The van der Waals surface area contributed by atoms with Crippen LogP contribution >= 0.6 is 0 Å². The molecule has 0 fully saturated rings. The number of aliphatic imine (C=N–C) groups is 1. The summed E-state index contributed by atoms with van der Waals surface area (Å²) in [5.74, 6) is -0.0649. The fraction of sp³-hybridized carbons (Fsp3) is 0. The van der Waals surface area contributed by atoms with E-state index in [-0.39, 0.29) is 5.76 Å². The summed E-state index contributed by atoms with van der Waals surface area (Å²) in [7, 11) is 0. The number of hydrogen-bond donors (Lipinski definition) is 2. The van der Waals surface area contributed by atoms with Gasteiger partial charge < -0.3 is 10.8 Å². The van der Waals surface area contributed by atoms with Crippen molar-refractivity contribution in [3.05, 3.63) is 24.7 Å². The number of rotatable bonds is 2. The fourth-order valence-electron chi connectivity index (χ4n) is 0.172. The molecule has 0 aliphatic heterocycles. The summed E-state index contributed by atoms with van der Waals surface area (Å²) in [6, 6.07) is 0. The van der Waals surface area contributed by atoms with Gasteiger partial charge in [0.2, 0.25) is 0 Å². The predicted octanol–water partition coefficient (Wildman–Crippen LogP) is 0.559. The predicted molar refractivity (Wildman–Crippen MR) is 33.6 cm³/mol. The molecule has 8 heavy (non-hydrogen) atoms. The van der Waals surface area contributed by atoms with E-state index in [0.717, 1.165) is 6.20 Å². The summed E-state index contributed by atoms with van der Waals surface area (Å²) >= 11 is 0. The number of allylic oxidation sites excluding steroid dienone is 1. The van der Waals surface area contributed by atoms with E-state index in [1.54, 1.807) is 0 Å². The van der Waals surface area contributed by atoms with E-state index in [1.807, 2.05) is 0 Å². The van der Waals surface area contributed by atoms with Crippen LogP contribution in [0, 0.1) is 0 Å². The Morgan fingerprint density at radius 2 is 2.38 bits per heavy atom. The highest BCUT2D eigenvalue weighted by Gasteiger charge is 1.76. The van der Waals surface area contributed by atoms with Crippen molar-refractivity contribution in [2.45, 2.75) is 0 Å². The van der Waals surface area contributed by atoms with E-state index in [1.165, 1.54) is 12.4 Å². The van der Waals surface area contributed by atoms with Gasteiger partial charge in [-0.05, 0) is 0 Å². The minimum Gasteiger partial charge on any atom is -0.505 e. The average Bonchev–Trinajstić information content (AvgIpc) is 1.83. The summed E-state index contributed by atoms with van der Waals surface area (Å²) in [6.07, 6.45) is 3.56. The van der Waals surface area contributed by atoms with Crippen LogP contribution in [0.3, 0.4) is 0 Å². The second-order valence-electron chi connectivity index (χ2n) is 1.05. The molecule has 0 aliphatic carbocycles. The highest BCUT2D eigenvalue weighted by molar-refractivity contribution is 5.75. The lowest BCUT2D eigenvalue weighted by molar-refractivity contribution is 0.445. The third kappa shape index (κ3) is 2.96. The van der Waals surface area contributed by atoms with Gasteiger partial charge in [0.25, 0.3) is 0 Å². The van der Waals surface area contributed by atoms with Crippen LogP contribution in [-0.4, -0.2) is 11.3 Å². The van der Waals surface area contributed by atoms with Gasteiger partial charge in [-0.3, -0.25) is 4.99 Å². The van der Waals surface area contributed by atoms with E-state index in [2.05, 4.69) is 11.6 Å². The Kier molecular flexibility index (Phi) is 3.31. The van der Waals surface area contributed by atoms with Crippen molar-refractivity contribution >= 4 is 6.21 Å². The molecule has 3 N–H and O–H groups in total. The molecule has 0 aromatic carbocycles. The molecule has 0 unspecified atom stereocenters. The monoisotopic (exact) mass is 112 g/mol. The van der Waals surface area contributed by atoms with E-state index in [9.17, 15) is 0 Å². The molecular formula is C5H8N2O. The smallest absolute Gasteiger partial charge is 0.149 e. The van der Waals surface area contributed by atoms with Crippen LogP contribution in [0.1, 0.15) is 0 Å². The molecule has 0 heterocycles. The first-order chi connectivity index (χ1) is 3.81. The molecule has 3 heteroatoms. The van der Waals surface area contributed by atoms with Crippen molar-refractivity contribution in [2.75, 3.05) is 0 Å². The maximum atomic E-state index is 8.53. The quantitative estimate of drug-likeness (QED) is 0.405. The molecular weight excluding hydrogens is 104 g/mol. The molecule has 3 nitrogen and oxygen atoms in total. The average molecular weight is 112 g/mol. The minimum absolute atomic E-state index is 0.0649. The van der Waals surface area contributed by atoms with Gasteiger partial charge in [-0.1, -0.05) is 6.58 Å². The SMILES string of the molecule is C=CN=C/C(O)=C\N. The topological polar surface area (TPSA) is 58.6 Å². The van der Waals surface area contributed by atoms with Crippen LogP contribution in [0.2, 0.25) is 0 Å². The lowest BCUT2D eigenvalue weighted by Crippen LogP contribution is -1.87. The first-order valence-corrected chi connectivity index (χ1v) is 2.06. The van der Waals surface area contributed by atoms with Gasteiger partial charge in [0.15, 0.2) is 0 Å².